The van der Waals surface area contributed by atoms with Crippen molar-refractivity contribution in [2.75, 3.05) is 30.6 Å². The van der Waals surface area contributed by atoms with Crippen LogP contribution in [0.4, 0.5) is 5.69 Å². The Morgan fingerprint density at radius 2 is 1.65 bits per heavy atom. The van der Waals surface area contributed by atoms with E-state index in [1.54, 1.807) is 31.2 Å². The van der Waals surface area contributed by atoms with Gasteiger partial charge in [-0.05, 0) is 48.9 Å². The molecule has 0 heterocycles. The first-order valence-corrected chi connectivity index (χ1v) is 12.6. The highest BCUT2D eigenvalue weighted by molar-refractivity contribution is 7.92. The maximum Gasteiger partial charge on any atom is 0.264 e. The lowest BCUT2D eigenvalue weighted by atomic mass is 10.2. The zero-order chi connectivity index (χ0) is 24.4. The summed E-state index contributed by atoms with van der Waals surface area (Å²) < 4.78 is 39.2. The summed E-state index contributed by atoms with van der Waals surface area (Å²) in [6.45, 7) is 2.69. The number of anilines is 1. The zero-order valence-electron chi connectivity index (χ0n) is 18.8. The fourth-order valence-electron chi connectivity index (χ4n) is 3.19. The lowest BCUT2D eigenvalue weighted by Crippen LogP contribution is -2.41. The standard InChI is InChI=1S/C25H27ClN2O5S/c1-2-33-24-11-7-6-10-23(24)28(34(30,31)22-14-12-21(26)13-15-22)18-25(29)27-16-17-32-19-20-8-4-3-5-9-20/h3-15H,2,16-19H2,1H3,(H,27,29). The number of halogens is 1. The van der Waals surface area contributed by atoms with Crippen molar-refractivity contribution in [2.45, 2.75) is 18.4 Å². The minimum absolute atomic E-state index is 0.0159. The fraction of sp³-hybridized carbons (Fsp3) is 0.240. The molecule has 0 aliphatic rings. The van der Waals surface area contributed by atoms with Crippen molar-refractivity contribution in [3.63, 3.8) is 0 Å². The topological polar surface area (TPSA) is 84.9 Å². The van der Waals surface area contributed by atoms with Gasteiger partial charge in [0.1, 0.15) is 12.3 Å². The largest absolute Gasteiger partial charge is 0.492 e. The van der Waals surface area contributed by atoms with E-state index < -0.39 is 22.5 Å². The lowest BCUT2D eigenvalue weighted by molar-refractivity contribution is -0.119. The second-order valence-electron chi connectivity index (χ2n) is 7.25. The summed E-state index contributed by atoms with van der Waals surface area (Å²) in [5.74, 6) is -0.103. The first kappa shape index (κ1) is 25.6. The normalized spacial score (nSPS) is 11.1. The molecule has 0 aliphatic carbocycles. The van der Waals surface area contributed by atoms with E-state index in [0.717, 1.165) is 9.87 Å². The SMILES string of the molecule is CCOc1ccccc1N(CC(=O)NCCOCc1ccccc1)S(=O)(=O)c1ccc(Cl)cc1. The summed E-state index contributed by atoms with van der Waals surface area (Å²) in [6.07, 6.45) is 0. The van der Waals surface area contributed by atoms with Crippen LogP contribution < -0.4 is 14.4 Å². The third kappa shape index (κ3) is 6.96. The molecule has 3 aromatic carbocycles. The smallest absolute Gasteiger partial charge is 0.264 e. The van der Waals surface area contributed by atoms with Crippen molar-refractivity contribution < 1.29 is 22.7 Å². The minimum Gasteiger partial charge on any atom is -0.492 e. The van der Waals surface area contributed by atoms with Gasteiger partial charge >= 0.3 is 0 Å². The summed E-state index contributed by atoms with van der Waals surface area (Å²) in [5, 5.41) is 3.13. The number of carbonyl (C=O) groups is 1. The highest BCUT2D eigenvalue weighted by atomic mass is 35.5. The minimum atomic E-state index is -4.08. The molecule has 3 rings (SSSR count). The summed E-state index contributed by atoms with van der Waals surface area (Å²) in [4.78, 5) is 12.7. The average Bonchev–Trinajstić information content (AvgIpc) is 2.84. The molecular formula is C25H27ClN2O5S. The monoisotopic (exact) mass is 502 g/mol. The second-order valence-corrected chi connectivity index (χ2v) is 9.55. The van der Waals surface area contributed by atoms with E-state index in [0.29, 0.717) is 30.6 Å². The van der Waals surface area contributed by atoms with E-state index in [4.69, 9.17) is 21.1 Å². The molecule has 34 heavy (non-hydrogen) atoms. The van der Waals surface area contributed by atoms with E-state index in [-0.39, 0.29) is 17.1 Å². The van der Waals surface area contributed by atoms with Crippen LogP contribution in [0.15, 0.2) is 83.8 Å². The van der Waals surface area contributed by atoms with Gasteiger partial charge < -0.3 is 14.8 Å². The number of nitrogens with zero attached hydrogens (tertiary/aromatic N) is 1. The van der Waals surface area contributed by atoms with Crippen molar-refractivity contribution in [1.29, 1.82) is 0 Å². The Bertz CT molecular complexity index is 1170. The number of benzene rings is 3. The number of ether oxygens (including phenoxy) is 2. The van der Waals surface area contributed by atoms with E-state index in [2.05, 4.69) is 5.32 Å². The molecule has 0 fully saturated rings. The highest BCUT2D eigenvalue weighted by Gasteiger charge is 2.29. The van der Waals surface area contributed by atoms with Crippen molar-refractivity contribution in [2.24, 2.45) is 0 Å². The van der Waals surface area contributed by atoms with Gasteiger partial charge in [-0.2, -0.15) is 0 Å². The molecule has 0 saturated heterocycles. The Hall–Kier alpha value is -3.07. The van der Waals surface area contributed by atoms with Crippen LogP contribution in [0.25, 0.3) is 0 Å². The molecule has 3 aromatic rings. The summed E-state index contributed by atoms with van der Waals surface area (Å²) >= 11 is 5.93. The first-order valence-electron chi connectivity index (χ1n) is 10.8. The van der Waals surface area contributed by atoms with Gasteiger partial charge in [0.2, 0.25) is 5.91 Å². The average molecular weight is 503 g/mol. The molecule has 0 aliphatic heterocycles. The van der Waals surface area contributed by atoms with E-state index in [1.165, 1.54) is 24.3 Å². The third-order valence-electron chi connectivity index (χ3n) is 4.80. The summed E-state index contributed by atoms with van der Waals surface area (Å²) in [5.41, 5.74) is 1.30. The van der Waals surface area contributed by atoms with Crippen LogP contribution in [-0.2, 0) is 26.2 Å². The van der Waals surface area contributed by atoms with Gasteiger partial charge in [-0.15, -0.1) is 0 Å². The molecule has 0 unspecified atom stereocenters. The summed E-state index contributed by atoms with van der Waals surface area (Å²) in [6, 6.07) is 22.2. The highest BCUT2D eigenvalue weighted by Crippen LogP contribution is 2.32. The van der Waals surface area contributed by atoms with Gasteiger partial charge in [-0.1, -0.05) is 54.1 Å². The molecule has 0 atom stereocenters. The van der Waals surface area contributed by atoms with Gasteiger partial charge in [0.15, 0.2) is 0 Å². The van der Waals surface area contributed by atoms with Crippen molar-refractivity contribution in [1.82, 2.24) is 5.32 Å². The van der Waals surface area contributed by atoms with Crippen molar-refractivity contribution in [3.8, 4) is 5.75 Å². The number of sulfonamides is 1. The van der Waals surface area contributed by atoms with Crippen LogP contribution in [0.2, 0.25) is 5.02 Å². The molecule has 0 aromatic heterocycles. The maximum absolute atomic E-state index is 13.5. The Morgan fingerprint density at radius 1 is 0.971 bits per heavy atom. The molecule has 0 saturated carbocycles. The Morgan fingerprint density at radius 3 is 2.35 bits per heavy atom. The lowest BCUT2D eigenvalue weighted by Gasteiger charge is -2.26. The number of rotatable bonds is 12. The molecule has 180 valence electrons. The van der Waals surface area contributed by atoms with E-state index in [1.807, 2.05) is 30.3 Å². The molecule has 7 nitrogen and oxygen atoms in total. The van der Waals surface area contributed by atoms with Crippen LogP contribution in [0.3, 0.4) is 0 Å². The van der Waals surface area contributed by atoms with Gasteiger partial charge in [0, 0.05) is 11.6 Å². The van der Waals surface area contributed by atoms with Crippen molar-refractivity contribution in [3.05, 3.63) is 89.4 Å². The van der Waals surface area contributed by atoms with Crippen LogP contribution in [0.5, 0.6) is 5.75 Å². The number of hydrogen-bond donors (Lipinski definition) is 1. The van der Waals surface area contributed by atoms with Gasteiger partial charge in [0.25, 0.3) is 10.0 Å². The fourth-order valence-corrected chi connectivity index (χ4v) is 4.74. The Kier molecular flexibility index (Phi) is 9.33. The predicted octanol–water partition coefficient (Wildman–Crippen LogP) is 4.27. The number of amides is 1. The van der Waals surface area contributed by atoms with E-state index >= 15 is 0 Å². The number of nitrogens with one attached hydrogen (secondary N) is 1. The van der Waals surface area contributed by atoms with Crippen LogP contribution in [0.1, 0.15) is 12.5 Å². The van der Waals surface area contributed by atoms with Crippen LogP contribution in [-0.4, -0.2) is 40.6 Å². The molecule has 0 spiro atoms. The zero-order valence-corrected chi connectivity index (χ0v) is 20.4. The molecule has 1 amide bonds. The van der Waals surface area contributed by atoms with Gasteiger partial charge in [-0.3, -0.25) is 9.10 Å². The Labute approximate surface area is 205 Å². The van der Waals surface area contributed by atoms with Crippen LogP contribution >= 0.6 is 11.6 Å². The number of carbonyl (C=O) groups excluding carboxylic acids is 1. The van der Waals surface area contributed by atoms with Gasteiger partial charge in [-0.25, -0.2) is 8.42 Å². The first-order chi connectivity index (χ1) is 16.4. The predicted molar refractivity (Wildman–Crippen MR) is 133 cm³/mol. The third-order valence-corrected chi connectivity index (χ3v) is 6.83. The quantitative estimate of drug-likeness (QED) is 0.374. The molecule has 0 bridgehead atoms. The summed E-state index contributed by atoms with van der Waals surface area (Å²) in [7, 11) is -4.08. The maximum atomic E-state index is 13.5. The molecule has 1 N–H and O–H groups in total. The van der Waals surface area contributed by atoms with E-state index in [9.17, 15) is 13.2 Å². The second kappa shape index (κ2) is 12.4. The van der Waals surface area contributed by atoms with Crippen molar-refractivity contribution >= 4 is 33.2 Å². The molecule has 0 radical (unpaired) electrons. The molecular weight excluding hydrogens is 476 g/mol. The van der Waals surface area contributed by atoms with Crippen LogP contribution in [0, 0.1) is 0 Å². The number of hydrogen-bond acceptors (Lipinski definition) is 5. The molecule has 9 heteroatoms. The number of para-hydroxylation sites is 2. The Balaban J connectivity index is 1.72. The van der Waals surface area contributed by atoms with Gasteiger partial charge in [0.05, 0.1) is 30.4 Å².